The summed E-state index contributed by atoms with van der Waals surface area (Å²) in [5, 5.41) is 9.17. The van der Waals surface area contributed by atoms with E-state index in [9.17, 15) is 14.7 Å². The van der Waals surface area contributed by atoms with Crippen LogP contribution in [0.5, 0.6) is 5.75 Å². The molecule has 0 radical (unpaired) electrons. The third kappa shape index (κ3) is 6.10. The fourth-order valence-electron chi connectivity index (χ4n) is 4.67. The minimum absolute atomic E-state index is 0.0969. The van der Waals surface area contributed by atoms with Crippen LogP contribution in [0, 0.1) is 0 Å². The second kappa shape index (κ2) is 10.3. The molecule has 1 N–H and O–H groups in total. The third-order valence-corrected chi connectivity index (χ3v) is 6.55. The second-order valence-corrected chi connectivity index (χ2v) is 9.98. The van der Waals surface area contributed by atoms with Crippen molar-refractivity contribution < 1.29 is 19.4 Å². The Kier molecular flexibility index (Phi) is 7.25. The summed E-state index contributed by atoms with van der Waals surface area (Å²) in [5.74, 6) is 0.216. The van der Waals surface area contributed by atoms with Crippen molar-refractivity contribution in [1.29, 1.82) is 0 Å². The Morgan fingerprint density at radius 1 is 1.00 bits per heavy atom. The lowest BCUT2D eigenvalue weighted by atomic mass is 9.90. The number of fused-ring (bicyclic) bond motifs is 1. The van der Waals surface area contributed by atoms with E-state index in [1.165, 1.54) is 11.1 Å². The molecule has 5 nitrogen and oxygen atoms in total. The van der Waals surface area contributed by atoms with Crippen molar-refractivity contribution in [2.45, 2.75) is 58.1 Å². The van der Waals surface area contributed by atoms with Crippen LogP contribution in [0.1, 0.15) is 65.7 Å². The zero-order chi connectivity index (χ0) is 25.0. The van der Waals surface area contributed by atoms with Gasteiger partial charge in [-0.05, 0) is 53.3 Å². The summed E-state index contributed by atoms with van der Waals surface area (Å²) in [6.07, 6.45) is 1.39. The van der Waals surface area contributed by atoms with E-state index in [1.54, 1.807) is 11.0 Å². The summed E-state index contributed by atoms with van der Waals surface area (Å²) in [5.41, 5.74) is 4.70. The highest BCUT2D eigenvalue weighted by Gasteiger charge is 2.35. The fraction of sp³-hybridized carbons (Fsp3) is 0.333. The average molecular weight is 472 g/mol. The highest BCUT2D eigenvalue weighted by molar-refractivity contribution is 5.95. The molecule has 4 rings (SSSR count). The van der Waals surface area contributed by atoms with E-state index in [-0.39, 0.29) is 24.5 Å². The topological polar surface area (TPSA) is 66.8 Å². The summed E-state index contributed by atoms with van der Waals surface area (Å²) in [7, 11) is 0. The van der Waals surface area contributed by atoms with Gasteiger partial charge in [0.1, 0.15) is 11.4 Å². The molecule has 5 heteroatoms. The van der Waals surface area contributed by atoms with Crippen LogP contribution in [0.15, 0.2) is 72.8 Å². The van der Waals surface area contributed by atoms with Crippen molar-refractivity contribution >= 4 is 11.9 Å². The summed E-state index contributed by atoms with van der Waals surface area (Å²) < 4.78 is 6.34. The Balaban J connectivity index is 1.49. The normalized spacial score (nSPS) is 16.6. The molecule has 3 aromatic carbocycles. The van der Waals surface area contributed by atoms with Gasteiger partial charge in [0.15, 0.2) is 0 Å². The first-order chi connectivity index (χ1) is 16.7. The van der Waals surface area contributed by atoms with E-state index in [0.29, 0.717) is 24.4 Å². The number of aliphatic carboxylic acids is 1. The van der Waals surface area contributed by atoms with Crippen LogP contribution in [0.4, 0.5) is 0 Å². The molecule has 35 heavy (non-hydrogen) atoms. The number of carbonyl (C=O) groups excluding carboxylic acids is 1. The lowest BCUT2D eigenvalue weighted by molar-refractivity contribution is -0.137. The molecule has 0 saturated carbocycles. The SMILES string of the molecule is CC(C)c1ccc(CC2(C)Cc3cc(C(=O)N(CCC(=O)O)Cc4ccccc4)ccc3O2)cc1. The molecule has 0 fully saturated rings. The molecule has 1 aliphatic heterocycles. The number of benzene rings is 3. The number of amides is 1. The molecule has 0 spiro atoms. The zero-order valence-corrected chi connectivity index (χ0v) is 20.7. The Labute approximate surface area is 207 Å². The summed E-state index contributed by atoms with van der Waals surface area (Å²) in [6, 6.07) is 23.9. The van der Waals surface area contributed by atoms with Gasteiger partial charge in [0.2, 0.25) is 0 Å². The van der Waals surface area contributed by atoms with E-state index in [0.717, 1.165) is 23.3 Å². The Morgan fingerprint density at radius 3 is 2.37 bits per heavy atom. The van der Waals surface area contributed by atoms with Crippen LogP contribution in [0.2, 0.25) is 0 Å². The molecule has 0 aliphatic carbocycles. The largest absolute Gasteiger partial charge is 0.487 e. The number of ether oxygens (including phenoxy) is 1. The van der Waals surface area contributed by atoms with Gasteiger partial charge in [-0.25, -0.2) is 0 Å². The first-order valence-corrected chi connectivity index (χ1v) is 12.2. The maximum atomic E-state index is 13.4. The zero-order valence-electron chi connectivity index (χ0n) is 20.7. The van der Waals surface area contributed by atoms with Crippen molar-refractivity contribution in [3.05, 3.63) is 101 Å². The van der Waals surface area contributed by atoms with Gasteiger partial charge in [-0.15, -0.1) is 0 Å². The van der Waals surface area contributed by atoms with Gasteiger partial charge < -0.3 is 14.7 Å². The van der Waals surface area contributed by atoms with E-state index in [4.69, 9.17) is 4.74 Å². The van der Waals surface area contributed by atoms with Crippen molar-refractivity contribution in [2.75, 3.05) is 6.54 Å². The molecule has 0 saturated heterocycles. The lowest BCUT2D eigenvalue weighted by Gasteiger charge is -2.24. The number of nitrogens with zero attached hydrogens (tertiary/aromatic N) is 1. The molecule has 0 bridgehead atoms. The van der Waals surface area contributed by atoms with Gasteiger partial charge in [0, 0.05) is 31.5 Å². The number of hydrogen-bond donors (Lipinski definition) is 1. The lowest BCUT2D eigenvalue weighted by Crippen LogP contribution is -2.33. The molecule has 1 amide bonds. The first-order valence-electron chi connectivity index (χ1n) is 12.2. The molecule has 0 aromatic heterocycles. The van der Waals surface area contributed by atoms with Crippen LogP contribution >= 0.6 is 0 Å². The third-order valence-electron chi connectivity index (χ3n) is 6.55. The van der Waals surface area contributed by atoms with E-state index >= 15 is 0 Å². The second-order valence-electron chi connectivity index (χ2n) is 9.98. The summed E-state index contributed by atoms with van der Waals surface area (Å²) >= 11 is 0. The number of carboxylic acids is 1. The molecular weight excluding hydrogens is 438 g/mol. The van der Waals surface area contributed by atoms with Crippen LogP contribution in [0.25, 0.3) is 0 Å². The highest BCUT2D eigenvalue weighted by Crippen LogP contribution is 2.38. The molecule has 1 aliphatic rings. The molecule has 182 valence electrons. The Morgan fingerprint density at radius 2 is 1.71 bits per heavy atom. The van der Waals surface area contributed by atoms with Crippen LogP contribution in [0.3, 0.4) is 0 Å². The highest BCUT2D eigenvalue weighted by atomic mass is 16.5. The Hall–Kier alpha value is -3.60. The van der Waals surface area contributed by atoms with Crippen LogP contribution < -0.4 is 4.74 Å². The minimum Gasteiger partial charge on any atom is -0.487 e. The maximum absolute atomic E-state index is 13.4. The predicted molar refractivity (Wildman–Crippen MR) is 137 cm³/mol. The molecule has 3 aromatic rings. The van der Waals surface area contributed by atoms with Crippen molar-refractivity contribution in [3.8, 4) is 5.75 Å². The maximum Gasteiger partial charge on any atom is 0.305 e. The number of hydrogen-bond acceptors (Lipinski definition) is 3. The summed E-state index contributed by atoms with van der Waals surface area (Å²) in [4.78, 5) is 26.2. The number of carbonyl (C=O) groups is 2. The number of carboxylic acid groups (broad SMARTS) is 1. The van der Waals surface area contributed by atoms with E-state index in [2.05, 4.69) is 45.0 Å². The first kappa shape index (κ1) is 24.5. The minimum atomic E-state index is -0.921. The van der Waals surface area contributed by atoms with Gasteiger partial charge in [0.25, 0.3) is 5.91 Å². The predicted octanol–water partition coefficient (Wildman–Crippen LogP) is 5.86. The molecule has 1 unspecified atom stereocenters. The van der Waals surface area contributed by atoms with Crippen molar-refractivity contribution in [1.82, 2.24) is 4.90 Å². The molecule has 1 atom stereocenters. The number of rotatable bonds is 9. The molecular formula is C30H33NO4. The Bertz CT molecular complexity index is 1190. The molecule has 1 heterocycles. The van der Waals surface area contributed by atoms with Crippen molar-refractivity contribution in [3.63, 3.8) is 0 Å². The monoisotopic (exact) mass is 471 g/mol. The smallest absolute Gasteiger partial charge is 0.305 e. The van der Waals surface area contributed by atoms with Crippen molar-refractivity contribution in [2.24, 2.45) is 0 Å². The van der Waals surface area contributed by atoms with E-state index < -0.39 is 5.97 Å². The van der Waals surface area contributed by atoms with Gasteiger partial charge in [-0.1, -0.05) is 68.4 Å². The van der Waals surface area contributed by atoms with Crippen LogP contribution in [-0.4, -0.2) is 34.0 Å². The van der Waals surface area contributed by atoms with Gasteiger partial charge in [-0.2, -0.15) is 0 Å². The van der Waals surface area contributed by atoms with E-state index in [1.807, 2.05) is 42.5 Å². The van der Waals surface area contributed by atoms with Gasteiger partial charge in [0.05, 0.1) is 6.42 Å². The van der Waals surface area contributed by atoms with Gasteiger partial charge >= 0.3 is 5.97 Å². The average Bonchev–Trinajstić information content (AvgIpc) is 3.17. The van der Waals surface area contributed by atoms with Gasteiger partial charge in [-0.3, -0.25) is 9.59 Å². The fourth-order valence-corrected chi connectivity index (χ4v) is 4.67. The standard InChI is InChI=1S/C30H33NO4/c1-21(2)24-11-9-22(10-12-24)18-30(3)19-26-17-25(13-14-27(26)35-30)29(34)31(16-15-28(32)33)20-23-7-5-4-6-8-23/h4-14,17,21H,15-16,18-20H2,1-3H3,(H,32,33). The quantitative estimate of drug-likeness (QED) is 0.424. The van der Waals surface area contributed by atoms with Crippen LogP contribution in [-0.2, 0) is 24.2 Å². The summed E-state index contributed by atoms with van der Waals surface area (Å²) in [6.45, 7) is 7.01.